The van der Waals surface area contributed by atoms with Gasteiger partial charge in [-0.1, -0.05) is 11.6 Å². The van der Waals surface area contributed by atoms with Crippen LogP contribution < -0.4 is 10.6 Å². The van der Waals surface area contributed by atoms with Crippen LogP contribution in [-0.2, 0) is 0 Å². The molecule has 1 aliphatic rings. The minimum Gasteiger partial charge on any atom is -0.374 e. The van der Waals surface area contributed by atoms with Crippen molar-refractivity contribution in [2.75, 3.05) is 11.4 Å². The fourth-order valence-electron chi connectivity index (χ4n) is 3.48. The molecule has 0 spiro atoms. The van der Waals surface area contributed by atoms with Gasteiger partial charge in [0, 0.05) is 29.2 Å². The quantitative estimate of drug-likeness (QED) is 0.838. The highest BCUT2D eigenvalue weighted by Crippen LogP contribution is 2.44. The summed E-state index contributed by atoms with van der Waals surface area (Å²) in [6.07, 6.45) is 0.809. The molecule has 1 fully saturated rings. The normalized spacial score (nSPS) is 18.7. The van der Waals surface area contributed by atoms with Gasteiger partial charge in [0.15, 0.2) is 0 Å². The number of aliphatic hydroxyl groups excluding tert-OH is 1. The Morgan fingerprint density at radius 2 is 1.88 bits per heavy atom. The van der Waals surface area contributed by atoms with Gasteiger partial charge in [-0.15, -0.1) is 0 Å². The molecule has 3 N–H and O–H groups in total. The van der Waals surface area contributed by atoms with Crippen molar-refractivity contribution in [3.63, 3.8) is 0 Å². The standard InChI is InChI=1S/C19H21ClF2N2O/c1-10-16(20)9-15(11(2)23)18(12-6-13(21)8-14(22)7-12)19(10)24-5-3-4-17(24)25/h6-9,11,17,25H,3-5,23H2,1-2H3. The first-order valence-corrected chi connectivity index (χ1v) is 8.67. The van der Waals surface area contributed by atoms with Gasteiger partial charge in [0.2, 0.25) is 0 Å². The maximum atomic E-state index is 13.9. The molecule has 0 saturated carbocycles. The molecular weight excluding hydrogens is 346 g/mol. The van der Waals surface area contributed by atoms with E-state index in [1.165, 1.54) is 12.1 Å². The van der Waals surface area contributed by atoms with E-state index in [0.717, 1.165) is 18.1 Å². The molecule has 2 aromatic rings. The molecule has 0 aliphatic carbocycles. The first-order chi connectivity index (χ1) is 11.8. The summed E-state index contributed by atoms with van der Waals surface area (Å²) in [5, 5.41) is 10.9. The summed E-state index contributed by atoms with van der Waals surface area (Å²) < 4.78 is 27.7. The minimum absolute atomic E-state index is 0.388. The zero-order valence-corrected chi connectivity index (χ0v) is 14.9. The molecule has 1 saturated heterocycles. The molecule has 0 bridgehead atoms. The van der Waals surface area contributed by atoms with E-state index in [1.807, 2.05) is 11.8 Å². The summed E-state index contributed by atoms with van der Waals surface area (Å²) in [6, 6.07) is 4.75. The van der Waals surface area contributed by atoms with Crippen LogP contribution in [0.3, 0.4) is 0 Å². The molecule has 2 atom stereocenters. The van der Waals surface area contributed by atoms with Crippen LogP contribution in [0.25, 0.3) is 11.1 Å². The van der Waals surface area contributed by atoms with Crippen molar-refractivity contribution < 1.29 is 13.9 Å². The predicted octanol–water partition coefficient (Wildman–Crippen LogP) is 4.53. The molecular formula is C19H21ClF2N2O. The van der Waals surface area contributed by atoms with Crippen LogP contribution in [0.4, 0.5) is 14.5 Å². The number of anilines is 1. The summed E-state index contributed by atoms with van der Waals surface area (Å²) in [5.74, 6) is -1.32. The van der Waals surface area contributed by atoms with Crippen LogP contribution in [0.5, 0.6) is 0 Å². The van der Waals surface area contributed by atoms with Crippen molar-refractivity contribution in [1.29, 1.82) is 0 Å². The Bertz CT molecular complexity index is 790. The molecule has 134 valence electrons. The lowest BCUT2D eigenvalue weighted by atomic mass is 9.91. The maximum absolute atomic E-state index is 13.9. The fourth-order valence-corrected chi connectivity index (χ4v) is 3.69. The molecule has 0 radical (unpaired) electrons. The van der Waals surface area contributed by atoms with Gasteiger partial charge in [0.25, 0.3) is 0 Å². The molecule has 3 rings (SSSR count). The average molecular weight is 367 g/mol. The van der Waals surface area contributed by atoms with Gasteiger partial charge in [-0.2, -0.15) is 0 Å². The average Bonchev–Trinajstić information content (AvgIpc) is 2.94. The fraction of sp³-hybridized carbons (Fsp3) is 0.368. The summed E-state index contributed by atoms with van der Waals surface area (Å²) in [7, 11) is 0. The first-order valence-electron chi connectivity index (χ1n) is 8.29. The van der Waals surface area contributed by atoms with Crippen LogP contribution in [0, 0.1) is 18.6 Å². The van der Waals surface area contributed by atoms with E-state index < -0.39 is 23.9 Å². The minimum atomic E-state index is -0.661. The van der Waals surface area contributed by atoms with Crippen molar-refractivity contribution in [1.82, 2.24) is 0 Å². The van der Waals surface area contributed by atoms with E-state index in [-0.39, 0.29) is 0 Å². The van der Waals surface area contributed by atoms with Crippen molar-refractivity contribution in [2.45, 2.75) is 39.0 Å². The zero-order chi connectivity index (χ0) is 18.3. The van der Waals surface area contributed by atoms with Gasteiger partial charge in [-0.3, -0.25) is 0 Å². The highest BCUT2D eigenvalue weighted by atomic mass is 35.5. The number of nitrogens with two attached hydrogens (primary N) is 1. The molecule has 2 aromatic carbocycles. The smallest absolute Gasteiger partial charge is 0.126 e. The number of rotatable bonds is 3. The van der Waals surface area contributed by atoms with E-state index >= 15 is 0 Å². The SMILES string of the molecule is Cc1c(Cl)cc(C(C)N)c(-c2cc(F)cc(F)c2)c1N1CCCC1O. The zero-order valence-electron chi connectivity index (χ0n) is 14.2. The second-order valence-electron chi connectivity index (χ2n) is 6.56. The molecule has 0 aromatic heterocycles. The Labute approximate surface area is 151 Å². The van der Waals surface area contributed by atoms with Crippen molar-refractivity contribution in [2.24, 2.45) is 5.73 Å². The van der Waals surface area contributed by atoms with Crippen molar-refractivity contribution in [3.8, 4) is 11.1 Å². The largest absolute Gasteiger partial charge is 0.374 e. The summed E-state index contributed by atoms with van der Waals surface area (Å²) in [4.78, 5) is 1.84. The Morgan fingerprint density at radius 3 is 2.40 bits per heavy atom. The number of hydrogen-bond acceptors (Lipinski definition) is 3. The third-order valence-corrected chi connectivity index (χ3v) is 5.06. The predicted molar refractivity (Wildman–Crippen MR) is 96.7 cm³/mol. The molecule has 2 unspecified atom stereocenters. The number of hydrogen-bond donors (Lipinski definition) is 2. The molecule has 0 amide bonds. The highest BCUT2D eigenvalue weighted by Gasteiger charge is 2.29. The highest BCUT2D eigenvalue weighted by molar-refractivity contribution is 6.32. The summed E-state index contributed by atoms with van der Waals surface area (Å²) in [5.41, 5.74) is 9.27. The molecule has 3 nitrogen and oxygen atoms in total. The number of aliphatic hydroxyl groups is 1. The maximum Gasteiger partial charge on any atom is 0.126 e. The van der Waals surface area contributed by atoms with Crippen molar-refractivity contribution in [3.05, 3.63) is 52.0 Å². The van der Waals surface area contributed by atoms with E-state index in [0.29, 0.717) is 40.4 Å². The Hall–Kier alpha value is -1.69. The second kappa shape index (κ2) is 6.90. The van der Waals surface area contributed by atoms with Crippen LogP contribution in [0.2, 0.25) is 5.02 Å². The molecule has 1 aliphatic heterocycles. The van der Waals surface area contributed by atoms with Crippen LogP contribution in [0.15, 0.2) is 24.3 Å². The van der Waals surface area contributed by atoms with E-state index in [4.69, 9.17) is 17.3 Å². The Morgan fingerprint density at radius 1 is 1.24 bits per heavy atom. The van der Waals surface area contributed by atoms with Gasteiger partial charge in [0.1, 0.15) is 17.9 Å². The van der Waals surface area contributed by atoms with Crippen LogP contribution in [-0.4, -0.2) is 17.9 Å². The third kappa shape index (κ3) is 3.36. The summed E-state index contributed by atoms with van der Waals surface area (Å²) in [6.45, 7) is 4.28. The van der Waals surface area contributed by atoms with Crippen LogP contribution >= 0.6 is 11.6 Å². The van der Waals surface area contributed by atoms with E-state index in [2.05, 4.69) is 0 Å². The summed E-state index contributed by atoms with van der Waals surface area (Å²) >= 11 is 6.40. The topological polar surface area (TPSA) is 49.5 Å². The number of benzene rings is 2. The Kier molecular flexibility index (Phi) is 5.00. The van der Waals surface area contributed by atoms with Gasteiger partial charge in [-0.25, -0.2) is 8.78 Å². The third-order valence-electron chi connectivity index (χ3n) is 4.67. The van der Waals surface area contributed by atoms with Gasteiger partial charge < -0.3 is 15.7 Å². The Balaban J connectivity index is 2.35. The number of halogens is 3. The van der Waals surface area contributed by atoms with Crippen molar-refractivity contribution >= 4 is 17.3 Å². The first kappa shape index (κ1) is 18.1. The van der Waals surface area contributed by atoms with Gasteiger partial charge in [-0.05, 0) is 61.6 Å². The monoisotopic (exact) mass is 366 g/mol. The van der Waals surface area contributed by atoms with E-state index in [9.17, 15) is 13.9 Å². The lowest BCUT2D eigenvalue weighted by Crippen LogP contribution is -2.30. The molecule has 1 heterocycles. The second-order valence-corrected chi connectivity index (χ2v) is 6.97. The van der Waals surface area contributed by atoms with Crippen LogP contribution in [0.1, 0.15) is 36.9 Å². The molecule has 25 heavy (non-hydrogen) atoms. The van der Waals surface area contributed by atoms with Gasteiger partial charge >= 0.3 is 0 Å². The van der Waals surface area contributed by atoms with E-state index in [1.54, 1.807) is 13.0 Å². The lowest BCUT2D eigenvalue weighted by Gasteiger charge is -2.30. The number of nitrogens with zero attached hydrogens (tertiary/aromatic N) is 1. The molecule has 6 heteroatoms. The lowest BCUT2D eigenvalue weighted by molar-refractivity contribution is 0.185. The van der Waals surface area contributed by atoms with Gasteiger partial charge in [0.05, 0.1) is 5.69 Å².